The molecule has 0 bridgehead atoms. The maximum Gasteiger partial charge on any atom is 0.322 e. The number of carboxylic acids is 1. The first kappa shape index (κ1) is 20.4. The molecule has 0 spiro atoms. The van der Waals surface area contributed by atoms with Gasteiger partial charge in [0.1, 0.15) is 18.6 Å². The maximum atomic E-state index is 12.4. The van der Waals surface area contributed by atoms with Crippen LogP contribution in [0.1, 0.15) is 5.69 Å². The molecule has 3 amide bonds. The predicted molar refractivity (Wildman–Crippen MR) is 89.7 cm³/mol. The number of carboxylic acid groups (broad SMARTS) is 1. The van der Waals surface area contributed by atoms with Crippen LogP contribution < -0.4 is 21.7 Å². The highest BCUT2D eigenvalue weighted by Gasteiger charge is 2.26. The van der Waals surface area contributed by atoms with Gasteiger partial charge in [0.25, 0.3) is 0 Å². The highest BCUT2D eigenvalue weighted by atomic mass is 32.1. The fourth-order valence-electron chi connectivity index (χ4n) is 1.83. The Morgan fingerprint density at radius 3 is 2.48 bits per heavy atom. The lowest BCUT2D eigenvalue weighted by Gasteiger charge is -2.21. The van der Waals surface area contributed by atoms with Gasteiger partial charge in [-0.05, 0) is 0 Å². The average molecular weight is 372 g/mol. The minimum absolute atomic E-state index is 0.0567. The molecule has 0 saturated carbocycles. The van der Waals surface area contributed by atoms with Crippen molar-refractivity contribution in [1.82, 2.24) is 25.9 Å². The molecule has 138 valence electrons. The van der Waals surface area contributed by atoms with Gasteiger partial charge in [0.05, 0.1) is 12.9 Å². The van der Waals surface area contributed by atoms with E-state index in [0.717, 1.165) is 0 Å². The van der Waals surface area contributed by atoms with Crippen LogP contribution in [0.2, 0.25) is 0 Å². The largest absolute Gasteiger partial charge is 0.480 e. The zero-order valence-electron chi connectivity index (χ0n) is 13.2. The van der Waals surface area contributed by atoms with Crippen LogP contribution in [0.5, 0.6) is 0 Å². The number of nitrogens with two attached hydrogens (primary N) is 1. The minimum atomic E-state index is -1.22. The molecule has 12 heteroatoms. The molecule has 0 aliphatic heterocycles. The van der Waals surface area contributed by atoms with Crippen LogP contribution >= 0.6 is 12.6 Å². The number of aliphatic carboxylic acids is 1. The van der Waals surface area contributed by atoms with Crippen molar-refractivity contribution < 1.29 is 24.3 Å². The fraction of sp³-hybridized carbons (Fsp3) is 0.462. The summed E-state index contributed by atoms with van der Waals surface area (Å²) in [6, 6.07) is -2.06. The van der Waals surface area contributed by atoms with Gasteiger partial charge in [-0.15, -0.1) is 0 Å². The van der Waals surface area contributed by atoms with E-state index < -0.39 is 42.3 Å². The van der Waals surface area contributed by atoms with E-state index in [-0.39, 0.29) is 18.7 Å². The average Bonchev–Trinajstić information content (AvgIpc) is 3.09. The van der Waals surface area contributed by atoms with Crippen LogP contribution in [0.15, 0.2) is 12.5 Å². The number of nitrogens with zero attached hydrogens (tertiary/aromatic N) is 1. The predicted octanol–water partition coefficient (Wildman–Crippen LogP) is -2.99. The van der Waals surface area contributed by atoms with Crippen molar-refractivity contribution in [2.24, 2.45) is 5.73 Å². The molecule has 2 unspecified atom stereocenters. The van der Waals surface area contributed by atoms with Gasteiger partial charge in [-0.2, -0.15) is 12.6 Å². The summed E-state index contributed by atoms with van der Waals surface area (Å²) in [6.07, 6.45) is 3.02. The minimum Gasteiger partial charge on any atom is -0.480 e. The standard InChI is InChI=1S/C13H20N6O5S/c14-2-10(20)18-8(1-7-3-15-6-17-7)13(24)19-9(5-25)12(23)16-4-11(21)22/h3,6,8-9,25H,1-2,4-5,14H2,(H,15,17)(H,16,23)(H,18,20)(H,19,24)(H,21,22). The Morgan fingerprint density at radius 1 is 1.24 bits per heavy atom. The monoisotopic (exact) mass is 372 g/mol. The number of hydrogen-bond acceptors (Lipinski definition) is 7. The zero-order valence-corrected chi connectivity index (χ0v) is 14.1. The second-order valence-electron chi connectivity index (χ2n) is 4.96. The molecule has 1 rings (SSSR count). The molecule has 11 nitrogen and oxygen atoms in total. The number of rotatable bonds is 10. The normalized spacial score (nSPS) is 12.7. The van der Waals surface area contributed by atoms with Crippen molar-refractivity contribution in [2.45, 2.75) is 18.5 Å². The lowest BCUT2D eigenvalue weighted by atomic mass is 10.1. The van der Waals surface area contributed by atoms with Crippen LogP contribution in [-0.2, 0) is 25.6 Å². The van der Waals surface area contributed by atoms with E-state index in [2.05, 4.69) is 38.5 Å². The molecule has 0 saturated heterocycles. The third-order valence-electron chi connectivity index (χ3n) is 3.05. The molecular weight excluding hydrogens is 352 g/mol. The number of hydrogen-bond donors (Lipinski definition) is 7. The van der Waals surface area contributed by atoms with Gasteiger partial charge in [-0.1, -0.05) is 0 Å². The maximum absolute atomic E-state index is 12.4. The molecule has 1 heterocycles. The fourth-order valence-corrected chi connectivity index (χ4v) is 2.09. The van der Waals surface area contributed by atoms with Crippen LogP contribution in [0, 0.1) is 0 Å². The van der Waals surface area contributed by atoms with E-state index in [0.29, 0.717) is 5.69 Å². The number of aromatic amines is 1. The number of aromatic nitrogens is 2. The van der Waals surface area contributed by atoms with E-state index >= 15 is 0 Å². The molecule has 0 aliphatic rings. The molecule has 0 fully saturated rings. The van der Waals surface area contributed by atoms with Gasteiger partial charge in [-0.3, -0.25) is 19.2 Å². The van der Waals surface area contributed by atoms with Crippen molar-refractivity contribution in [3.8, 4) is 0 Å². The molecule has 1 aromatic heterocycles. The van der Waals surface area contributed by atoms with Crippen molar-refractivity contribution in [3.63, 3.8) is 0 Å². The van der Waals surface area contributed by atoms with Crippen molar-refractivity contribution in [1.29, 1.82) is 0 Å². The summed E-state index contributed by atoms with van der Waals surface area (Å²) in [4.78, 5) is 52.9. The number of H-pyrrole nitrogens is 1. The van der Waals surface area contributed by atoms with Gasteiger partial charge >= 0.3 is 5.97 Å². The summed E-state index contributed by atoms with van der Waals surface area (Å²) in [5.41, 5.74) is 5.83. The number of thiol groups is 1. The molecule has 25 heavy (non-hydrogen) atoms. The topological polar surface area (TPSA) is 179 Å². The van der Waals surface area contributed by atoms with Crippen molar-refractivity contribution >= 4 is 36.3 Å². The Kier molecular flexibility index (Phi) is 8.43. The van der Waals surface area contributed by atoms with E-state index in [1.54, 1.807) is 0 Å². The first-order chi connectivity index (χ1) is 11.9. The number of imidazole rings is 1. The number of nitrogens with one attached hydrogen (secondary N) is 4. The summed E-state index contributed by atoms with van der Waals surface area (Å²) in [5.74, 6) is -3.15. The van der Waals surface area contributed by atoms with Crippen LogP contribution in [-0.4, -0.2) is 69.7 Å². The lowest BCUT2D eigenvalue weighted by molar-refractivity contribution is -0.138. The van der Waals surface area contributed by atoms with Gasteiger partial charge in [-0.25, -0.2) is 4.98 Å². The molecule has 0 radical (unpaired) electrons. The number of carbonyl (C=O) groups excluding carboxylic acids is 3. The molecule has 0 aromatic carbocycles. The summed E-state index contributed by atoms with van der Waals surface area (Å²) >= 11 is 3.97. The molecule has 2 atom stereocenters. The Morgan fingerprint density at radius 2 is 1.96 bits per heavy atom. The van der Waals surface area contributed by atoms with E-state index in [4.69, 9.17) is 10.8 Å². The highest BCUT2D eigenvalue weighted by molar-refractivity contribution is 7.80. The van der Waals surface area contributed by atoms with Crippen molar-refractivity contribution in [3.05, 3.63) is 18.2 Å². The SMILES string of the molecule is NCC(=O)NC(Cc1cnc[nH]1)C(=O)NC(CS)C(=O)NCC(=O)O. The van der Waals surface area contributed by atoms with E-state index in [9.17, 15) is 19.2 Å². The molecule has 0 aliphatic carbocycles. The van der Waals surface area contributed by atoms with E-state index in [1.807, 2.05) is 0 Å². The molecular formula is C13H20N6O5S. The van der Waals surface area contributed by atoms with Gasteiger partial charge < -0.3 is 31.8 Å². The lowest BCUT2D eigenvalue weighted by Crippen LogP contribution is -2.56. The van der Waals surface area contributed by atoms with Crippen LogP contribution in [0.25, 0.3) is 0 Å². The third kappa shape index (κ3) is 7.22. The van der Waals surface area contributed by atoms with Crippen molar-refractivity contribution in [2.75, 3.05) is 18.8 Å². The molecule has 1 aromatic rings. The summed E-state index contributed by atoms with van der Waals surface area (Å²) < 4.78 is 0. The Bertz CT molecular complexity index is 608. The summed E-state index contributed by atoms with van der Waals surface area (Å²) in [5, 5.41) is 15.6. The number of amides is 3. The highest BCUT2D eigenvalue weighted by Crippen LogP contribution is 2.00. The van der Waals surface area contributed by atoms with E-state index in [1.165, 1.54) is 12.5 Å². The van der Waals surface area contributed by atoms with Gasteiger partial charge in [0.15, 0.2) is 0 Å². The van der Waals surface area contributed by atoms with Crippen LogP contribution in [0.3, 0.4) is 0 Å². The van der Waals surface area contributed by atoms with Gasteiger partial charge in [0, 0.05) is 24.1 Å². The van der Waals surface area contributed by atoms with Crippen LogP contribution in [0.4, 0.5) is 0 Å². The quantitative estimate of drug-likeness (QED) is 0.214. The second kappa shape index (κ2) is 10.3. The Labute approximate surface area is 148 Å². The zero-order chi connectivity index (χ0) is 18.8. The Balaban J connectivity index is 2.75. The third-order valence-corrected chi connectivity index (χ3v) is 3.41. The number of carbonyl (C=O) groups is 4. The Hall–Kier alpha value is -2.60. The summed E-state index contributed by atoms with van der Waals surface area (Å²) in [6.45, 7) is -0.887. The second-order valence-corrected chi connectivity index (χ2v) is 5.33. The summed E-state index contributed by atoms with van der Waals surface area (Å²) in [7, 11) is 0. The first-order valence-corrected chi connectivity index (χ1v) is 7.88. The molecule has 7 N–H and O–H groups in total. The first-order valence-electron chi connectivity index (χ1n) is 7.24. The smallest absolute Gasteiger partial charge is 0.322 e. The van der Waals surface area contributed by atoms with Gasteiger partial charge in [0.2, 0.25) is 17.7 Å².